The zero-order valence-electron chi connectivity index (χ0n) is 11.9. The highest BCUT2D eigenvalue weighted by atomic mass is 32.2. The van der Waals surface area contributed by atoms with Crippen LogP contribution >= 0.6 is 0 Å². The minimum atomic E-state index is -3.65. The van der Waals surface area contributed by atoms with Crippen LogP contribution in [0.3, 0.4) is 0 Å². The lowest BCUT2D eigenvalue weighted by atomic mass is 10.2. The van der Waals surface area contributed by atoms with Gasteiger partial charge in [-0.3, -0.25) is 4.72 Å². The van der Waals surface area contributed by atoms with Gasteiger partial charge in [0.2, 0.25) is 0 Å². The molecule has 0 aliphatic heterocycles. The van der Waals surface area contributed by atoms with Crippen molar-refractivity contribution in [1.82, 2.24) is 15.5 Å². The Morgan fingerprint density at radius 1 is 1.19 bits per heavy atom. The number of anilines is 1. The molecule has 0 radical (unpaired) electrons. The van der Waals surface area contributed by atoms with Crippen molar-refractivity contribution in [3.05, 3.63) is 48.2 Å². The Morgan fingerprint density at radius 3 is 2.67 bits per heavy atom. The Bertz CT molecular complexity index is 687. The molecule has 2 rings (SSSR count). The number of benzene rings is 1. The predicted molar refractivity (Wildman–Crippen MR) is 81.3 cm³/mol. The van der Waals surface area contributed by atoms with Crippen molar-refractivity contribution in [1.29, 1.82) is 0 Å². The first-order valence-corrected chi connectivity index (χ1v) is 8.08. The summed E-state index contributed by atoms with van der Waals surface area (Å²) in [6.45, 7) is 4.69. The SMILES string of the molecule is CC(C)NCc1cccc(S(=O)(=O)Nc2cccnn2)c1. The normalized spacial score (nSPS) is 11.6. The highest BCUT2D eigenvalue weighted by Gasteiger charge is 2.15. The summed E-state index contributed by atoms with van der Waals surface area (Å²) >= 11 is 0. The summed E-state index contributed by atoms with van der Waals surface area (Å²) in [6, 6.07) is 10.3. The topological polar surface area (TPSA) is 84.0 Å². The Morgan fingerprint density at radius 2 is 2.00 bits per heavy atom. The van der Waals surface area contributed by atoms with E-state index in [0.717, 1.165) is 5.56 Å². The molecule has 0 fully saturated rings. The average Bonchev–Trinajstić information content (AvgIpc) is 2.46. The zero-order valence-corrected chi connectivity index (χ0v) is 12.8. The van der Waals surface area contributed by atoms with E-state index < -0.39 is 10.0 Å². The van der Waals surface area contributed by atoms with Gasteiger partial charge in [0.1, 0.15) is 0 Å². The first-order chi connectivity index (χ1) is 9.97. The first kappa shape index (κ1) is 15.4. The van der Waals surface area contributed by atoms with Crippen LogP contribution in [0.25, 0.3) is 0 Å². The lowest BCUT2D eigenvalue weighted by molar-refractivity contribution is 0.587. The van der Waals surface area contributed by atoms with Gasteiger partial charge in [-0.25, -0.2) is 8.42 Å². The Hall–Kier alpha value is -1.99. The van der Waals surface area contributed by atoms with Crippen LogP contribution in [0.1, 0.15) is 19.4 Å². The summed E-state index contributed by atoms with van der Waals surface area (Å²) in [5, 5.41) is 10.6. The summed E-state index contributed by atoms with van der Waals surface area (Å²) in [7, 11) is -3.65. The number of sulfonamides is 1. The van der Waals surface area contributed by atoms with Gasteiger partial charge in [-0.15, -0.1) is 5.10 Å². The molecule has 1 heterocycles. The number of rotatable bonds is 6. The molecule has 0 unspecified atom stereocenters. The molecular weight excluding hydrogens is 288 g/mol. The van der Waals surface area contributed by atoms with Gasteiger partial charge in [0.05, 0.1) is 4.90 Å². The van der Waals surface area contributed by atoms with Gasteiger partial charge in [-0.05, 0) is 29.8 Å². The third kappa shape index (κ3) is 4.51. The molecule has 0 bridgehead atoms. The fourth-order valence-corrected chi connectivity index (χ4v) is 2.76. The molecule has 0 spiro atoms. The second-order valence-electron chi connectivity index (χ2n) is 4.90. The lowest BCUT2D eigenvalue weighted by Crippen LogP contribution is -2.22. The average molecular weight is 306 g/mol. The van der Waals surface area contributed by atoms with E-state index in [-0.39, 0.29) is 10.7 Å². The van der Waals surface area contributed by atoms with Crippen molar-refractivity contribution in [3.63, 3.8) is 0 Å². The quantitative estimate of drug-likeness (QED) is 0.850. The standard InChI is InChI=1S/C14H18N4O2S/c1-11(2)15-10-12-5-3-6-13(9-12)21(19,20)18-14-7-4-8-16-17-14/h3-9,11,15H,10H2,1-2H3,(H,17,18). The molecule has 2 aromatic rings. The molecule has 1 aromatic carbocycles. The molecule has 0 saturated heterocycles. The molecule has 0 atom stereocenters. The highest BCUT2D eigenvalue weighted by molar-refractivity contribution is 7.92. The predicted octanol–water partition coefficient (Wildman–Crippen LogP) is 1.78. The Labute approximate surface area is 124 Å². The molecule has 7 heteroatoms. The van der Waals surface area contributed by atoms with Crippen LogP contribution in [-0.2, 0) is 16.6 Å². The summed E-state index contributed by atoms with van der Waals surface area (Å²) in [6.07, 6.45) is 1.48. The van der Waals surface area contributed by atoms with Crippen molar-refractivity contribution in [3.8, 4) is 0 Å². The number of aromatic nitrogens is 2. The van der Waals surface area contributed by atoms with Gasteiger partial charge < -0.3 is 5.32 Å². The van der Waals surface area contributed by atoms with Gasteiger partial charge in [0.25, 0.3) is 10.0 Å². The van der Waals surface area contributed by atoms with Crippen LogP contribution in [0.15, 0.2) is 47.5 Å². The molecule has 0 aliphatic carbocycles. The Balaban J connectivity index is 2.18. The molecule has 1 aromatic heterocycles. The maximum absolute atomic E-state index is 12.3. The summed E-state index contributed by atoms with van der Waals surface area (Å²) in [5.74, 6) is 0.197. The van der Waals surface area contributed by atoms with Crippen molar-refractivity contribution in [2.24, 2.45) is 0 Å². The lowest BCUT2D eigenvalue weighted by Gasteiger charge is -2.10. The van der Waals surface area contributed by atoms with E-state index in [1.807, 2.05) is 19.9 Å². The number of hydrogen-bond donors (Lipinski definition) is 2. The minimum absolute atomic E-state index is 0.197. The van der Waals surface area contributed by atoms with Crippen LogP contribution in [-0.4, -0.2) is 24.7 Å². The smallest absolute Gasteiger partial charge is 0.263 e. The summed E-state index contributed by atoms with van der Waals surface area (Å²) in [5.41, 5.74) is 0.908. The van der Waals surface area contributed by atoms with Gasteiger partial charge in [-0.1, -0.05) is 26.0 Å². The zero-order chi connectivity index (χ0) is 15.3. The van der Waals surface area contributed by atoms with Crippen LogP contribution in [0, 0.1) is 0 Å². The summed E-state index contributed by atoms with van der Waals surface area (Å²) in [4.78, 5) is 0.205. The van der Waals surface area contributed by atoms with Crippen molar-refractivity contribution < 1.29 is 8.42 Å². The van der Waals surface area contributed by atoms with Gasteiger partial charge in [0, 0.05) is 18.8 Å². The first-order valence-electron chi connectivity index (χ1n) is 6.60. The molecule has 2 N–H and O–H groups in total. The van der Waals surface area contributed by atoms with Crippen LogP contribution in [0.2, 0.25) is 0 Å². The fraction of sp³-hybridized carbons (Fsp3) is 0.286. The van der Waals surface area contributed by atoms with E-state index in [1.54, 1.807) is 30.3 Å². The highest BCUT2D eigenvalue weighted by Crippen LogP contribution is 2.15. The monoisotopic (exact) mass is 306 g/mol. The van der Waals surface area contributed by atoms with E-state index in [9.17, 15) is 8.42 Å². The molecule has 0 saturated carbocycles. The Kier molecular flexibility index (Phi) is 4.87. The molecule has 21 heavy (non-hydrogen) atoms. The van der Waals surface area contributed by atoms with Gasteiger partial charge >= 0.3 is 0 Å². The largest absolute Gasteiger partial charge is 0.310 e. The van der Waals surface area contributed by atoms with E-state index >= 15 is 0 Å². The van der Waals surface area contributed by atoms with E-state index in [0.29, 0.717) is 12.6 Å². The second-order valence-corrected chi connectivity index (χ2v) is 6.58. The number of hydrogen-bond acceptors (Lipinski definition) is 5. The fourth-order valence-electron chi connectivity index (χ4n) is 1.70. The molecule has 112 valence electrons. The van der Waals surface area contributed by atoms with E-state index in [2.05, 4.69) is 20.2 Å². The maximum atomic E-state index is 12.3. The molecular formula is C14H18N4O2S. The van der Waals surface area contributed by atoms with Crippen molar-refractivity contribution in [2.45, 2.75) is 31.3 Å². The van der Waals surface area contributed by atoms with E-state index in [1.165, 1.54) is 6.20 Å². The molecule has 6 nitrogen and oxygen atoms in total. The van der Waals surface area contributed by atoms with Gasteiger partial charge in [-0.2, -0.15) is 5.10 Å². The summed E-state index contributed by atoms with van der Waals surface area (Å²) < 4.78 is 27.0. The molecule has 0 amide bonds. The van der Waals surface area contributed by atoms with Crippen LogP contribution in [0.4, 0.5) is 5.82 Å². The third-order valence-electron chi connectivity index (χ3n) is 2.73. The number of nitrogens with one attached hydrogen (secondary N) is 2. The van der Waals surface area contributed by atoms with Crippen LogP contribution < -0.4 is 10.0 Å². The van der Waals surface area contributed by atoms with Gasteiger partial charge in [0.15, 0.2) is 5.82 Å². The maximum Gasteiger partial charge on any atom is 0.263 e. The van der Waals surface area contributed by atoms with E-state index in [4.69, 9.17) is 0 Å². The minimum Gasteiger partial charge on any atom is -0.310 e. The van der Waals surface area contributed by atoms with Crippen molar-refractivity contribution >= 4 is 15.8 Å². The van der Waals surface area contributed by atoms with Crippen LogP contribution in [0.5, 0.6) is 0 Å². The van der Waals surface area contributed by atoms with Crippen molar-refractivity contribution in [2.75, 3.05) is 4.72 Å². The third-order valence-corrected chi connectivity index (χ3v) is 4.09. The second kappa shape index (κ2) is 6.64. The molecule has 0 aliphatic rings. The number of nitrogens with zero attached hydrogens (tertiary/aromatic N) is 2.